The van der Waals surface area contributed by atoms with Crippen LogP contribution in [0.5, 0.6) is 0 Å². The monoisotopic (exact) mass is 415 g/mol. The van der Waals surface area contributed by atoms with Crippen molar-refractivity contribution < 1.29 is 28.7 Å². The van der Waals surface area contributed by atoms with E-state index in [4.69, 9.17) is 4.74 Å². The van der Waals surface area contributed by atoms with E-state index in [2.05, 4.69) is 10.6 Å². The van der Waals surface area contributed by atoms with Gasteiger partial charge in [0.15, 0.2) is 0 Å². The topological polar surface area (TPSA) is 122 Å². The molecule has 0 saturated carbocycles. The van der Waals surface area contributed by atoms with E-state index in [0.29, 0.717) is 18.7 Å². The number of ether oxygens (including phenoxy) is 1. The van der Waals surface area contributed by atoms with Crippen molar-refractivity contribution in [2.75, 3.05) is 11.9 Å². The summed E-state index contributed by atoms with van der Waals surface area (Å²) in [7, 11) is 0. The van der Waals surface area contributed by atoms with Gasteiger partial charge in [0.05, 0.1) is 11.1 Å². The Morgan fingerprint density at radius 2 is 1.93 bits per heavy atom. The van der Waals surface area contributed by atoms with Gasteiger partial charge in [-0.15, -0.1) is 0 Å². The summed E-state index contributed by atoms with van der Waals surface area (Å²) in [5, 5.41) is 5.27. The van der Waals surface area contributed by atoms with Crippen molar-refractivity contribution in [1.82, 2.24) is 10.2 Å². The van der Waals surface area contributed by atoms with Crippen molar-refractivity contribution >= 4 is 35.3 Å². The summed E-state index contributed by atoms with van der Waals surface area (Å²) in [5.41, 5.74) is 0.327. The fourth-order valence-electron chi connectivity index (χ4n) is 3.51. The number of piperidine rings is 1. The van der Waals surface area contributed by atoms with Gasteiger partial charge in [-0.25, -0.2) is 0 Å². The quantitative estimate of drug-likeness (QED) is 0.411. The molecule has 160 valence electrons. The highest BCUT2D eigenvalue weighted by Gasteiger charge is 2.45. The lowest BCUT2D eigenvalue weighted by atomic mass is 10.0. The third kappa shape index (κ3) is 4.50. The zero-order valence-corrected chi connectivity index (χ0v) is 17.2. The summed E-state index contributed by atoms with van der Waals surface area (Å²) in [6, 6.07) is 3.85. The van der Waals surface area contributed by atoms with Gasteiger partial charge in [-0.3, -0.25) is 34.2 Å². The lowest BCUT2D eigenvalue weighted by Crippen LogP contribution is -2.54. The maximum atomic E-state index is 13.0. The zero-order chi connectivity index (χ0) is 22.1. The fraction of sp³-hybridized carbons (Fsp3) is 0.476. The van der Waals surface area contributed by atoms with Crippen molar-refractivity contribution in [1.29, 1.82) is 0 Å². The van der Waals surface area contributed by atoms with Gasteiger partial charge in [-0.05, 0) is 45.7 Å². The Morgan fingerprint density at radius 1 is 1.20 bits per heavy atom. The molecule has 2 aliphatic rings. The van der Waals surface area contributed by atoms with Gasteiger partial charge in [0.25, 0.3) is 11.8 Å². The molecular weight excluding hydrogens is 390 g/mol. The number of nitrogens with zero attached hydrogens (tertiary/aromatic N) is 1. The fourth-order valence-corrected chi connectivity index (χ4v) is 3.51. The summed E-state index contributed by atoms with van der Waals surface area (Å²) in [6.07, 6.45) is 0.876. The first-order chi connectivity index (χ1) is 14.1. The van der Waals surface area contributed by atoms with E-state index in [1.807, 2.05) is 0 Å². The Hall–Kier alpha value is -3.23. The van der Waals surface area contributed by atoms with Crippen LogP contribution in [-0.4, -0.2) is 52.7 Å². The Labute approximate surface area is 174 Å². The van der Waals surface area contributed by atoms with E-state index in [1.165, 1.54) is 6.07 Å². The minimum Gasteiger partial charge on any atom is -0.460 e. The zero-order valence-electron chi connectivity index (χ0n) is 17.2. The molecule has 2 N–H and O–H groups in total. The molecule has 1 aromatic carbocycles. The molecule has 9 nitrogen and oxygen atoms in total. The van der Waals surface area contributed by atoms with Gasteiger partial charge in [0.1, 0.15) is 11.6 Å². The molecule has 4 amide bonds. The molecule has 3 rings (SSSR count). The first-order valence-corrected chi connectivity index (χ1v) is 9.89. The Morgan fingerprint density at radius 3 is 2.60 bits per heavy atom. The summed E-state index contributed by atoms with van der Waals surface area (Å²) in [5.74, 6) is -2.49. The van der Waals surface area contributed by atoms with Crippen LogP contribution in [0.1, 0.15) is 67.2 Å². The molecule has 1 unspecified atom stereocenters. The average molecular weight is 415 g/mol. The first kappa shape index (κ1) is 21.5. The van der Waals surface area contributed by atoms with Gasteiger partial charge < -0.3 is 10.1 Å². The van der Waals surface area contributed by atoms with Crippen LogP contribution in [0.15, 0.2) is 18.2 Å². The van der Waals surface area contributed by atoms with Gasteiger partial charge in [0, 0.05) is 25.1 Å². The number of esters is 1. The number of carbonyl (C=O) groups is 5. The number of rotatable bonds is 6. The van der Waals surface area contributed by atoms with E-state index < -0.39 is 35.3 Å². The predicted molar refractivity (Wildman–Crippen MR) is 107 cm³/mol. The van der Waals surface area contributed by atoms with Crippen LogP contribution >= 0.6 is 0 Å². The molecule has 2 aliphatic heterocycles. The van der Waals surface area contributed by atoms with Crippen LogP contribution in [-0.2, 0) is 19.1 Å². The second-order valence-corrected chi connectivity index (χ2v) is 8.29. The highest BCUT2D eigenvalue weighted by molar-refractivity contribution is 6.25. The third-order valence-corrected chi connectivity index (χ3v) is 4.76. The summed E-state index contributed by atoms with van der Waals surface area (Å²) >= 11 is 0. The molecule has 1 fully saturated rings. The van der Waals surface area contributed by atoms with E-state index in [1.54, 1.807) is 32.9 Å². The Bertz CT molecular complexity index is 918. The molecule has 1 atom stereocenters. The highest BCUT2D eigenvalue weighted by Crippen LogP contribution is 2.32. The SMILES string of the molecule is CC(C)(C)OC(=O)CCCNc1cccc2c1C(=O)N(C1CCC(=O)NC1=O)C2=O. The van der Waals surface area contributed by atoms with E-state index in [0.717, 1.165) is 4.90 Å². The molecule has 0 aliphatic carbocycles. The molecule has 1 saturated heterocycles. The Balaban J connectivity index is 1.67. The highest BCUT2D eigenvalue weighted by atomic mass is 16.6. The minimum atomic E-state index is -1.00. The number of benzene rings is 1. The smallest absolute Gasteiger partial charge is 0.306 e. The summed E-state index contributed by atoms with van der Waals surface area (Å²) in [6.45, 7) is 5.80. The van der Waals surface area contributed by atoms with Crippen LogP contribution in [0.3, 0.4) is 0 Å². The van der Waals surface area contributed by atoms with Gasteiger partial charge >= 0.3 is 5.97 Å². The van der Waals surface area contributed by atoms with Gasteiger partial charge in [-0.1, -0.05) is 6.07 Å². The molecule has 30 heavy (non-hydrogen) atoms. The van der Waals surface area contributed by atoms with Crippen molar-refractivity contribution in [2.24, 2.45) is 0 Å². The number of anilines is 1. The van der Waals surface area contributed by atoms with Crippen LogP contribution in [0.2, 0.25) is 0 Å². The molecule has 0 bridgehead atoms. The molecule has 0 aromatic heterocycles. The predicted octanol–water partition coefficient (Wildman–Crippen LogP) is 1.62. The van der Waals surface area contributed by atoms with Gasteiger partial charge in [0.2, 0.25) is 11.8 Å². The summed E-state index contributed by atoms with van der Waals surface area (Å²) in [4.78, 5) is 62.0. The van der Waals surface area contributed by atoms with Gasteiger partial charge in [-0.2, -0.15) is 0 Å². The molecule has 0 radical (unpaired) electrons. The largest absolute Gasteiger partial charge is 0.460 e. The number of carbonyl (C=O) groups excluding carboxylic acids is 5. The van der Waals surface area contributed by atoms with E-state index >= 15 is 0 Å². The standard InChI is InChI=1S/C21H25N3O6/c1-21(2,3)30-16(26)8-5-11-22-13-7-4-6-12-17(13)20(29)24(19(12)28)14-9-10-15(25)23-18(14)27/h4,6-7,14,22H,5,8-11H2,1-3H3,(H,23,25,27). The summed E-state index contributed by atoms with van der Waals surface area (Å²) < 4.78 is 5.26. The van der Waals surface area contributed by atoms with Crippen LogP contribution in [0.4, 0.5) is 5.69 Å². The van der Waals surface area contributed by atoms with Crippen molar-refractivity contribution in [3.8, 4) is 0 Å². The van der Waals surface area contributed by atoms with Crippen LogP contribution < -0.4 is 10.6 Å². The van der Waals surface area contributed by atoms with Crippen molar-refractivity contribution in [2.45, 2.75) is 58.1 Å². The molecular formula is C21H25N3O6. The molecule has 1 aromatic rings. The average Bonchev–Trinajstić information content (AvgIpc) is 2.89. The second kappa shape index (κ2) is 8.25. The van der Waals surface area contributed by atoms with Crippen LogP contribution in [0.25, 0.3) is 0 Å². The number of amides is 4. The molecule has 2 heterocycles. The second-order valence-electron chi connectivity index (χ2n) is 8.29. The molecule has 0 spiro atoms. The van der Waals surface area contributed by atoms with E-state index in [9.17, 15) is 24.0 Å². The normalized spacial score (nSPS) is 18.9. The lowest BCUT2D eigenvalue weighted by Gasteiger charge is -2.27. The van der Waals surface area contributed by atoms with E-state index in [-0.39, 0.29) is 36.4 Å². The number of fused-ring (bicyclic) bond motifs is 1. The third-order valence-electron chi connectivity index (χ3n) is 4.76. The number of hydrogen-bond donors (Lipinski definition) is 2. The van der Waals surface area contributed by atoms with Crippen LogP contribution in [0, 0.1) is 0 Å². The van der Waals surface area contributed by atoms with Crippen molar-refractivity contribution in [3.05, 3.63) is 29.3 Å². The lowest BCUT2D eigenvalue weighted by molar-refractivity contribution is -0.154. The van der Waals surface area contributed by atoms with Crippen molar-refractivity contribution in [3.63, 3.8) is 0 Å². The minimum absolute atomic E-state index is 0.0690. The maximum absolute atomic E-state index is 13.0. The molecule has 9 heteroatoms. The number of imide groups is 2. The Kier molecular flexibility index (Phi) is 5.91. The number of hydrogen-bond acceptors (Lipinski definition) is 7. The number of nitrogens with one attached hydrogen (secondary N) is 2. The maximum Gasteiger partial charge on any atom is 0.306 e. The first-order valence-electron chi connectivity index (χ1n) is 9.89.